The Morgan fingerprint density at radius 1 is 1.42 bits per heavy atom. The van der Waals surface area contributed by atoms with Gasteiger partial charge in [-0.05, 0) is 25.5 Å². The van der Waals surface area contributed by atoms with Crippen molar-refractivity contribution in [3.8, 4) is 0 Å². The standard InChI is InChI=1S/C8H10ClN.H3NO/c1-6-3-4-8(5-9)7(2)10-6;1-2/h3-4H,5H2,1-2H3;2H,1H2. The topological polar surface area (TPSA) is 59.1 Å². The van der Waals surface area contributed by atoms with E-state index >= 15 is 0 Å². The first-order chi connectivity index (χ1) is 5.74. The molecular formula is C8H13ClN2O. The summed E-state index contributed by atoms with van der Waals surface area (Å²) in [5.74, 6) is 4.05. The van der Waals surface area contributed by atoms with E-state index in [1.807, 2.05) is 26.0 Å². The van der Waals surface area contributed by atoms with Crippen molar-refractivity contribution < 1.29 is 5.21 Å². The highest BCUT2D eigenvalue weighted by atomic mass is 35.5. The zero-order chi connectivity index (χ0) is 9.56. The fourth-order valence-corrected chi connectivity index (χ4v) is 1.14. The lowest BCUT2D eigenvalue weighted by Crippen LogP contribution is -1.90. The normalized spacial score (nSPS) is 8.75. The summed E-state index contributed by atoms with van der Waals surface area (Å²) < 4.78 is 0. The highest BCUT2D eigenvalue weighted by molar-refractivity contribution is 6.17. The van der Waals surface area contributed by atoms with E-state index in [1.165, 1.54) is 0 Å². The van der Waals surface area contributed by atoms with Crippen LogP contribution in [0.1, 0.15) is 17.0 Å². The van der Waals surface area contributed by atoms with Gasteiger partial charge in [0.05, 0.1) is 0 Å². The molecule has 12 heavy (non-hydrogen) atoms. The van der Waals surface area contributed by atoms with Crippen LogP contribution in [-0.4, -0.2) is 10.2 Å². The summed E-state index contributed by atoms with van der Waals surface area (Å²) in [6.45, 7) is 3.95. The van der Waals surface area contributed by atoms with Crippen molar-refractivity contribution >= 4 is 11.6 Å². The zero-order valence-corrected chi connectivity index (χ0v) is 7.97. The van der Waals surface area contributed by atoms with Crippen molar-refractivity contribution in [3.63, 3.8) is 0 Å². The molecule has 0 saturated carbocycles. The Bertz CT molecular complexity index is 240. The van der Waals surface area contributed by atoms with E-state index in [4.69, 9.17) is 16.8 Å². The fourth-order valence-electron chi connectivity index (χ4n) is 0.857. The molecule has 0 aliphatic rings. The number of alkyl halides is 1. The maximum absolute atomic E-state index is 6.50. The lowest BCUT2D eigenvalue weighted by Gasteiger charge is -2.00. The molecule has 1 aromatic heterocycles. The molecule has 3 nitrogen and oxygen atoms in total. The number of nitrogens with two attached hydrogens (primary N) is 1. The van der Waals surface area contributed by atoms with Gasteiger partial charge in [-0.15, -0.1) is 11.6 Å². The van der Waals surface area contributed by atoms with E-state index in [-0.39, 0.29) is 0 Å². The largest absolute Gasteiger partial charge is 0.320 e. The first-order valence-corrected chi connectivity index (χ1v) is 4.02. The van der Waals surface area contributed by atoms with Crippen molar-refractivity contribution in [2.75, 3.05) is 0 Å². The molecule has 0 aromatic carbocycles. The maximum atomic E-state index is 6.50. The summed E-state index contributed by atoms with van der Waals surface area (Å²) >= 11 is 5.64. The summed E-state index contributed by atoms with van der Waals surface area (Å²) in [6.07, 6.45) is 0. The molecule has 0 aliphatic heterocycles. The average Bonchev–Trinajstić information content (AvgIpc) is 2.08. The van der Waals surface area contributed by atoms with Crippen molar-refractivity contribution in [2.24, 2.45) is 5.90 Å². The molecule has 0 saturated heterocycles. The van der Waals surface area contributed by atoms with Crippen LogP contribution in [-0.2, 0) is 5.88 Å². The second-order valence-electron chi connectivity index (χ2n) is 2.33. The molecule has 1 rings (SSSR count). The van der Waals surface area contributed by atoms with Crippen molar-refractivity contribution in [1.82, 2.24) is 4.98 Å². The van der Waals surface area contributed by atoms with E-state index in [0.29, 0.717) is 5.88 Å². The summed E-state index contributed by atoms with van der Waals surface area (Å²) in [7, 11) is 0. The van der Waals surface area contributed by atoms with Crippen LogP contribution in [0.3, 0.4) is 0 Å². The molecule has 4 heteroatoms. The average molecular weight is 189 g/mol. The number of hydrogen-bond acceptors (Lipinski definition) is 3. The summed E-state index contributed by atoms with van der Waals surface area (Å²) in [4.78, 5) is 4.26. The van der Waals surface area contributed by atoms with Crippen LogP contribution in [0.25, 0.3) is 0 Å². The Kier molecular flexibility index (Phi) is 5.62. The van der Waals surface area contributed by atoms with Gasteiger partial charge in [-0.3, -0.25) is 4.98 Å². The molecule has 0 bridgehead atoms. The van der Waals surface area contributed by atoms with Crippen LogP contribution < -0.4 is 5.90 Å². The zero-order valence-electron chi connectivity index (χ0n) is 7.21. The minimum Gasteiger partial charge on any atom is -0.320 e. The van der Waals surface area contributed by atoms with Crippen molar-refractivity contribution in [2.45, 2.75) is 19.7 Å². The minimum atomic E-state index is 0.555. The van der Waals surface area contributed by atoms with Gasteiger partial charge in [0.2, 0.25) is 0 Å². The van der Waals surface area contributed by atoms with Gasteiger partial charge < -0.3 is 5.21 Å². The van der Waals surface area contributed by atoms with Gasteiger partial charge in [0.25, 0.3) is 0 Å². The Morgan fingerprint density at radius 3 is 2.42 bits per heavy atom. The number of nitrogens with zero attached hydrogens (tertiary/aromatic N) is 1. The Balaban J connectivity index is 0.000000561. The quantitative estimate of drug-likeness (QED) is 0.522. The second-order valence-corrected chi connectivity index (χ2v) is 2.60. The van der Waals surface area contributed by atoms with Gasteiger partial charge in [-0.1, -0.05) is 6.07 Å². The monoisotopic (exact) mass is 188 g/mol. The third-order valence-electron chi connectivity index (χ3n) is 1.48. The molecule has 3 N–H and O–H groups in total. The predicted molar refractivity (Wildman–Crippen MR) is 49.2 cm³/mol. The van der Waals surface area contributed by atoms with Crippen LogP contribution in [0, 0.1) is 13.8 Å². The molecule has 0 spiro atoms. The Hall–Kier alpha value is -0.640. The molecule has 0 unspecified atom stereocenters. The first kappa shape index (κ1) is 11.4. The van der Waals surface area contributed by atoms with Crippen LogP contribution in [0.15, 0.2) is 12.1 Å². The van der Waals surface area contributed by atoms with E-state index in [0.717, 1.165) is 17.0 Å². The van der Waals surface area contributed by atoms with Crippen LogP contribution in [0.4, 0.5) is 0 Å². The van der Waals surface area contributed by atoms with Gasteiger partial charge in [0.1, 0.15) is 0 Å². The lowest BCUT2D eigenvalue weighted by atomic mass is 10.2. The minimum absolute atomic E-state index is 0.555. The molecule has 1 heterocycles. The van der Waals surface area contributed by atoms with Gasteiger partial charge in [-0.25, -0.2) is 5.90 Å². The van der Waals surface area contributed by atoms with Gasteiger partial charge in [0, 0.05) is 17.3 Å². The third-order valence-corrected chi connectivity index (χ3v) is 1.77. The Morgan fingerprint density at radius 2 is 2.00 bits per heavy atom. The summed E-state index contributed by atoms with van der Waals surface area (Å²) in [5, 5.41) is 6.50. The molecular weight excluding hydrogens is 176 g/mol. The van der Waals surface area contributed by atoms with Gasteiger partial charge in [0.15, 0.2) is 0 Å². The van der Waals surface area contributed by atoms with Crippen LogP contribution in [0.2, 0.25) is 0 Å². The number of aromatic nitrogens is 1. The number of aryl methyl sites for hydroxylation is 2. The molecule has 0 amide bonds. The number of pyridine rings is 1. The fraction of sp³-hybridized carbons (Fsp3) is 0.375. The number of halogens is 1. The van der Waals surface area contributed by atoms with E-state index < -0.39 is 0 Å². The van der Waals surface area contributed by atoms with Crippen molar-refractivity contribution in [1.29, 1.82) is 0 Å². The van der Waals surface area contributed by atoms with Crippen LogP contribution in [0.5, 0.6) is 0 Å². The first-order valence-electron chi connectivity index (χ1n) is 3.49. The van der Waals surface area contributed by atoms with E-state index in [2.05, 4.69) is 10.9 Å². The highest BCUT2D eigenvalue weighted by Gasteiger charge is 1.95. The molecule has 0 atom stereocenters. The predicted octanol–water partition coefficient (Wildman–Crippen LogP) is 1.77. The third kappa shape index (κ3) is 3.17. The van der Waals surface area contributed by atoms with Gasteiger partial charge >= 0.3 is 0 Å². The van der Waals surface area contributed by atoms with Crippen molar-refractivity contribution in [3.05, 3.63) is 29.1 Å². The Labute approximate surface area is 77.1 Å². The number of hydrogen-bond donors (Lipinski definition) is 2. The second kappa shape index (κ2) is 5.94. The van der Waals surface area contributed by atoms with Crippen LogP contribution >= 0.6 is 11.6 Å². The molecule has 0 aliphatic carbocycles. The summed E-state index contributed by atoms with van der Waals surface area (Å²) in [6, 6.07) is 4.00. The smallest absolute Gasteiger partial charge is 0.0492 e. The maximum Gasteiger partial charge on any atom is 0.0492 e. The number of rotatable bonds is 1. The lowest BCUT2D eigenvalue weighted by molar-refractivity contribution is 0.311. The molecule has 1 aromatic rings. The molecule has 0 radical (unpaired) electrons. The van der Waals surface area contributed by atoms with E-state index in [9.17, 15) is 0 Å². The van der Waals surface area contributed by atoms with Gasteiger partial charge in [-0.2, -0.15) is 0 Å². The van der Waals surface area contributed by atoms with E-state index in [1.54, 1.807) is 0 Å². The molecule has 68 valence electrons. The highest BCUT2D eigenvalue weighted by Crippen LogP contribution is 2.08. The summed E-state index contributed by atoms with van der Waals surface area (Å²) in [5.41, 5.74) is 3.20. The SMILES string of the molecule is Cc1ccc(CCl)c(C)n1.NO. The molecule has 0 fully saturated rings.